The van der Waals surface area contributed by atoms with Crippen LogP contribution in [0.25, 0.3) is 0 Å². The highest BCUT2D eigenvalue weighted by Crippen LogP contribution is 1.88. The Morgan fingerprint density at radius 2 is 2.21 bits per heavy atom. The third-order valence-corrected chi connectivity index (χ3v) is 1.62. The molecule has 1 atom stereocenters. The summed E-state index contributed by atoms with van der Waals surface area (Å²) in [5.74, 6) is -0.0840. The molecule has 0 fully saturated rings. The molecule has 0 aliphatic carbocycles. The van der Waals surface area contributed by atoms with Crippen molar-refractivity contribution in [3.63, 3.8) is 0 Å². The Bertz CT molecular complexity index is 152. The van der Waals surface area contributed by atoms with Crippen molar-refractivity contribution in [2.24, 2.45) is 5.92 Å². The fourth-order valence-corrected chi connectivity index (χ4v) is 0.711. The molecule has 0 heterocycles. The predicted molar refractivity (Wildman–Crippen MR) is 52.0 cm³/mol. The van der Waals surface area contributed by atoms with Crippen molar-refractivity contribution in [2.45, 2.75) is 6.92 Å². The number of carbonyl (C=O) groups excluding carboxylic acids is 1. The average molecular weight is 205 g/mol. The van der Waals surface area contributed by atoms with Crippen LogP contribution in [0.5, 0.6) is 0 Å². The number of hydrogen-bond donors (Lipinski definition) is 2. The molecule has 0 bridgehead atoms. The maximum Gasteiger partial charge on any atom is 0.246 e. The Morgan fingerprint density at radius 1 is 1.50 bits per heavy atom. The van der Waals surface area contributed by atoms with Gasteiger partial charge in [-0.05, 0) is 5.92 Å². The van der Waals surface area contributed by atoms with Crippen LogP contribution in [-0.2, 0) is 14.3 Å². The quantitative estimate of drug-likeness (QED) is 0.519. The smallest absolute Gasteiger partial charge is 0.246 e. The number of hydrogen-bond acceptors (Lipinski definition) is 4. The first-order chi connectivity index (χ1) is 6.70. The first kappa shape index (κ1) is 13.4. The predicted octanol–water partition coefficient (Wildman–Crippen LogP) is -0.606. The van der Waals surface area contributed by atoms with E-state index in [-0.39, 0.29) is 25.0 Å². The van der Waals surface area contributed by atoms with Crippen LogP contribution in [0, 0.1) is 5.92 Å². The van der Waals surface area contributed by atoms with E-state index < -0.39 is 0 Å². The molecule has 0 rings (SSSR count). The van der Waals surface area contributed by atoms with Gasteiger partial charge in [0.15, 0.2) is 0 Å². The topological polar surface area (TPSA) is 67.8 Å². The van der Waals surface area contributed by atoms with E-state index in [1.807, 2.05) is 6.92 Å². The summed E-state index contributed by atoms with van der Waals surface area (Å²) in [5.41, 5.74) is 0. The van der Waals surface area contributed by atoms with Gasteiger partial charge >= 0.3 is 0 Å². The fourth-order valence-electron chi connectivity index (χ4n) is 0.711. The molecule has 0 saturated carbocycles. The highest BCUT2D eigenvalue weighted by molar-refractivity contribution is 5.77. The van der Waals surface area contributed by atoms with Crippen LogP contribution < -0.4 is 5.32 Å². The minimum absolute atomic E-state index is 0.0432. The second-order valence-corrected chi connectivity index (χ2v) is 3.14. The maximum absolute atomic E-state index is 11.1. The maximum atomic E-state index is 11.1. The molecule has 2 N–H and O–H groups in total. The zero-order chi connectivity index (χ0) is 10.8. The third-order valence-electron chi connectivity index (χ3n) is 1.62. The van der Waals surface area contributed by atoms with Gasteiger partial charge in [-0.3, -0.25) is 4.79 Å². The first-order valence-electron chi connectivity index (χ1n) is 4.65. The van der Waals surface area contributed by atoms with Gasteiger partial charge in [-0.15, -0.1) is 0 Å². The van der Waals surface area contributed by atoms with Crippen LogP contribution >= 0.6 is 0 Å². The zero-order valence-corrected chi connectivity index (χ0v) is 8.78. The van der Waals surface area contributed by atoms with Crippen molar-refractivity contribution in [1.29, 1.82) is 0 Å². The molecule has 0 aromatic carbocycles. The summed E-state index contributed by atoms with van der Waals surface area (Å²) in [5, 5.41) is 11.3. The molecular formula is C9H19NO4. The number of aliphatic hydroxyl groups is 1. The van der Waals surface area contributed by atoms with Crippen LogP contribution in [0.4, 0.5) is 0 Å². The fraction of sp³-hybridized carbons (Fsp3) is 0.889. The summed E-state index contributed by atoms with van der Waals surface area (Å²) < 4.78 is 9.75. The monoisotopic (exact) mass is 205 g/mol. The molecule has 84 valence electrons. The molecule has 14 heavy (non-hydrogen) atoms. The minimum Gasteiger partial charge on any atom is -0.396 e. The van der Waals surface area contributed by atoms with E-state index in [0.29, 0.717) is 19.8 Å². The largest absolute Gasteiger partial charge is 0.396 e. The number of ether oxygens (including phenoxy) is 2. The van der Waals surface area contributed by atoms with Gasteiger partial charge in [0.1, 0.15) is 6.61 Å². The normalized spacial score (nSPS) is 12.5. The van der Waals surface area contributed by atoms with Crippen LogP contribution in [0.1, 0.15) is 6.92 Å². The Morgan fingerprint density at radius 3 is 2.79 bits per heavy atom. The number of nitrogens with one attached hydrogen (secondary N) is 1. The molecule has 0 spiro atoms. The SMILES string of the molecule is COCCOCC(=O)NCC(C)CO. The van der Waals surface area contributed by atoms with Crippen molar-refractivity contribution >= 4 is 5.91 Å². The van der Waals surface area contributed by atoms with Crippen molar-refractivity contribution in [2.75, 3.05) is 40.1 Å². The van der Waals surface area contributed by atoms with Crippen molar-refractivity contribution in [1.82, 2.24) is 5.32 Å². The lowest BCUT2D eigenvalue weighted by atomic mass is 10.2. The summed E-state index contributed by atoms with van der Waals surface area (Å²) in [6.07, 6.45) is 0. The lowest BCUT2D eigenvalue weighted by molar-refractivity contribution is -0.126. The highest BCUT2D eigenvalue weighted by atomic mass is 16.5. The number of aliphatic hydroxyl groups excluding tert-OH is 1. The van der Waals surface area contributed by atoms with Crippen LogP contribution in [0.2, 0.25) is 0 Å². The summed E-state index contributed by atoms with van der Waals surface area (Å²) in [6, 6.07) is 0. The molecule has 0 aromatic rings. The van der Waals surface area contributed by atoms with Crippen molar-refractivity contribution in [3.05, 3.63) is 0 Å². The van der Waals surface area contributed by atoms with Gasteiger partial charge in [0.2, 0.25) is 5.91 Å². The summed E-state index contributed by atoms with van der Waals surface area (Å²) in [4.78, 5) is 11.1. The van der Waals surface area contributed by atoms with E-state index in [4.69, 9.17) is 14.6 Å². The van der Waals surface area contributed by atoms with Gasteiger partial charge < -0.3 is 19.9 Å². The Hall–Kier alpha value is -0.650. The minimum atomic E-state index is -0.165. The molecule has 5 nitrogen and oxygen atoms in total. The van der Waals surface area contributed by atoms with E-state index in [0.717, 1.165) is 0 Å². The summed E-state index contributed by atoms with van der Waals surface area (Å²) in [6.45, 7) is 3.35. The Labute approximate surface area is 84.4 Å². The molecule has 0 aromatic heterocycles. The number of carbonyl (C=O) groups is 1. The molecule has 0 radical (unpaired) electrons. The molecule has 1 unspecified atom stereocenters. The molecule has 0 aliphatic heterocycles. The molecular weight excluding hydrogens is 186 g/mol. The standard InChI is InChI=1S/C9H19NO4/c1-8(6-11)5-10-9(12)7-14-4-3-13-2/h8,11H,3-7H2,1-2H3,(H,10,12). The van der Waals surface area contributed by atoms with E-state index in [9.17, 15) is 4.79 Å². The lowest BCUT2D eigenvalue weighted by Gasteiger charge is -2.09. The molecule has 1 amide bonds. The second kappa shape index (κ2) is 8.93. The first-order valence-corrected chi connectivity index (χ1v) is 4.65. The average Bonchev–Trinajstić information content (AvgIpc) is 2.21. The number of methoxy groups -OCH3 is 1. The third kappa shape index (κ3) is 7.97. The Kier molecular flexibility index (Phi) is 8.51. The Balaban J connectivity index is 3.28. The van der Waals surface area contributed by atoms with Gasteiger partial charge in [-0.1, -0.05) is 6.92 Å². The van der Waals surface area contributed by atoms with Crippen LogP contribution in [0.3, 0.4) is 0 Å². The van der Waals surface area contributed by atoms with Crippen LogP contribution in [-0.4, -0.2) is 51.1 Å². The van der Waals surface area contributed by atoms with Gasteiger partial charge in [-0.25, -0.2) is 0 Å². The van der Waals surface area contributed by atoms with Gasteiger partial charge in [0.25, 0.3) is 0 Å². The highest BCUT2D eigenvalue weighted by Gasteiger charge is 2.03. The van der Waals surface area contributed by atoms with Crippen molar-refractivity contribution < 1.29 is 19.4 Å². The van der Waals surface area contributed by atoms with E-state index in [2.05, 4.69) is 5.32 Å². The summed E-state index contributed by atoms with van der Waals surface area (Å²) >= 11 is 0. The number of amides is 1. The van der Waals surface area contributed by atoms with E-state index in [1.54, 1.807) is 7.11 Å². The van der Waals surface area contributed by atoms with Crippen LogP contribution in [0.15, 0.2) is 0 Å². The van der Waals surface area contributed by atoms with Gasteiger partial charge in [0, 0.05) is 20.3 Å². The molecule has 0 aliphatic rings. The second-order valence-electron chi connectivity index (χ2n) is 3.14. The zero-order valence-electron chi connectivity index (χ0n) is 8.78. The van der Waals surface area contributed by atoms with Crippen molar-refractivity contribution in [3.8, 4) is 0 Å². The summed E-state index contributed by atoms with van der Waals surface area (Å²) in [7, 11) is 1.58. The lowest BCUT2D eigenvalue weighted by Crippen LogP contribution is -2.32. The molecule has 0 saturated heterocycles. The number of rotatable bonds is 8. The van der Waals surface area contributed by atoms with E-state index in [1.165, 1.54) is 0 Å². The van der Waals surface area contributed by atoms with Gasteiger partial charge in [0.05, 0.1) is 13.2 Å². The molecule has 5 heteroatoms. The van der Waals surface area contributed by atoms with Gasteiger partial charge in [-0.2, -0.15) is 0 Å². The van der Waals surface area contributed by atoms with E-state index >= 15 is 0 Å².